The predicted octanol–water partition coefficient (Wildman–Crippen LogP) is 1.98. The van der Waals surface area contributed by atoms with E-state index < -0.39 is 0 Å². The van der Waals surface area contributed by atoms with E-state index in [-0.39, 0.29) is 6.03 Å². The standard InChI is InChI=1S/C15H24N4OS/c1-18(15(20)17-10-13-3-2-8-21-13)11-12-4-6-19-7-5-16-14(19)9-12/h5,7,12-13H,2-4,6,8-11H2,1H3,(H,17,20)/t12-,13+/m0/s1. The monoisotopic (exact) mass is 308 g/mol. The Kier molecular flexibility index (Phi) is 4.73. The topological polar surface area (TPSA) is 50.2 Å². The lowest BCUT2D eigenvalue weighted by molar-refractivity contribution is 0.194. The molecule has 1 N–H and O–H groups in total. The Morgan fingerprint density at radius 1 is 1.57 bits per heavy atom. The molecule has 2 aliphatic heterocycles. The molecule has 5 nitrogen and oxygen atoms in total. The zero-order valence-corrected chi connectivity index (χ0v) is 13.4. The molecule has 1 aromatic rings. The van der Waals surface area contributed by atoms with Crippen molar-refractivity contribution in [2.24, 2.45) is 5.92 Å². The smallest absolute Gasteiger partial charge is 0.317 e. The van der Waals surface area contributed by atoms with Crippen LogP contribution in [0.5, 0.6) is 0 Å². The maximum Gasteiger partial charge on any atom is 0.317 e. The van der Waals surface area contributed by atoms with Gasteiger partial charge in [-0.05, 0) is 30.9 Å². The van der Waals surface area contributed by atoms with Gasteiger partial charge in [0.2, 0.25) is 0 Å². The summed E-state index contributed by atoms with van der Waals surface area (Å²) in [6.07, 6.45) is 8.53. The lowest BCUT2D eigenvalue weighted by Gasteiger charge is -2.28. The van der Waals surface area contributed by atoms with Crippen LogP contribution in [0.15, 0.2) is 12.4 Å². The van der Waals surface area contributed by atoms with Crippen LogP contribution >= 0.6 is 11.8 Å². The van der Waals surface area contributed by atoms with Gasteiger partial charge in [0, 0.05) is 50.7 Å². The minimum absolute atomic E-state index is 0.0661. The van der Waals surface area contributed by atoms with Crippen LogP contribution in [0.3, 0.4) is 0 Å². The van der Waals surface area contributed by atoms with Crippen molar-refractivity contribution in [1.29, 1.82) is 0 Å². The summed E-state index contributed by atoms with van der Waals surface area (Å²) in [7, 11) is 1.90. The largest absolute Gasteiger partial charge is 0.337 e. The fourth-order valence-corrected chi connectivity index (χ4v) is 4.38. The second-order valence-corrected chi connectivity index (χ2v) is 7.51. The van der Waals surface area contributed by atoms with Gasteiger partial charge in [0.1, 0.15) is 5.82 Å². The first-order valence-electron chi connectivity index (χ1n) is 7.83. The quantitative estimate of drug-likeness (QED) is 0.925. The highest BCUT2D eigenvalue weighted by molar-refractivity contribution is 8.00. The molecule has 2 amide bonds. The van der Waals surface area contributed by atoms with Crippen molar-refractivity contribution in [3.63, 3.8) is 0 Å². The second kappa shape index (κ2) is 6.73. The Balaban J connectivity index is 1.43. The summed E-state index contributed by atoms with van der Waals surface area (Å²) in [6.45, 7) is 2.65. The fourth-order valence-electron chi connectivity index (χ4n) is 3.18. The van der Waals surface area contributed by atoms with E-state index in [1.54, 1.807) is 0 Å². The van der Waals surface area contributed by atoms with E-state index in [0.29, 0.717) is 11.2 Å². The van der Waals surface area contributed by atoms with Crippen molar-refractivity contribution in [3.8, 4) is 0 Å². The third-order valence-corrected chi connectivity index (χ3v) is 5.83. The van der Waals surface area contributed by atoms with Crippen LogP contribution in [-0.2, 0) is 13.0 Å². The van der Waals surface area contributed by atoms with Gasteiger partial charge in [-0.2, -0.15) is 11.8 Å². The number of nitrogens with zero attached hydrogens (tertiary/aromatic N) is 3. The zero-order valence-electron chi connectivity index (χ0n) is 12.6. The van der Waals surface area contributed by atoms with Crippen molar-refractivity contribution in [2.45, 2.75) is 37.5 Å². The molecule has 116 valence electrons. The third-order valence-electron chi connectivity index (χ3n) is 4.43. The Labute approximate surface area is 130 Å². The maximum atomic E-state index is 12.2. The van der Waals surface area contributed by atoms with E-state index in [1.165, 1.54) is 18.6 Å². The first kappa shape index (κ1) is 14.8. The van der Waals surface area contributed by atoms with Gasteiger partial charge in [0.05, 0.1) is 0 Å². The van der Waals surface area contributed by atoms with E-state index in [2.05, 4.69) is 14.9 Å². The molecular weight excluding hydrogens is 284 g/mol. The number of fused-ring (bicyclic) bond motifs is 1. The number of imidazole rings is 1. The molecule has 0 aromatic carbocycles. The number of carbonyl (C=O) groups is 1. The molecule has 0 spiro atoms. The van der Waals surface area contributed by atoms with Gasteiger partial charge in [-0.25, -0.2) is 9.78 Å². The minimum atomic E-state index is 0.0661. The fraction of sp³-hybridized carbons (Fsp3) is 0.733. The summed E-state index contributed by atoms with van der Waals surface area (Å²) in [4.78, 5) is 18.4. The second-order valence-electron chi connectivity index (χ2n) is 6.10. The van der Waals surface area contributed by atoms with Gasteiger partial charge in [0.15, 0.2) is 0 Å². The van der Waals surface area contributed by atoms with Crippen LogP contribution in [-0.4, -0.2) is 51.6 Å². The Morgan fingerprint density at radius 2 is 2.48 bits per heavy atom. The van der Waals surface area contributed by atoms with Gasteiger partial charge in [-0.1, -0.05) is 0 Å². The molecule has 1 saturated heterocycles. The SMILES string of the molecule is CN(C[C@H]1CCn2ccnc2C1)C(=O)NC[C@H]1CCCS1. The number of rotatable bonds is 4. The first-order valence-corrected chi connectivity index (χ1v) is 8.88. The highest BCUT2D eigenvalue weighted by atomic mass is 32.2. The Morgan fingerprint density at radius 3 is 3.29 bits per heavy atom. The molecule has 0 aliphatic carbocycles. The summed E-state index contributed by atoms with van der Waals surface area (Å²) in [6, 6.07) is 0.0661. The average Bonchev–Trinajstić information content (AvgIpc) is 3.15. The molecule has 3 rings (SSSR count). The van der Waals surface area contributed by atoms with Crippen molar-refractivity contribution in [3.05, 3.63) is 18.2 Å². The van der Waals surface area contributed by atoms with Gasteiger partial charge < -0.3 is 14.8 Å². The molecule has 3 heterocycles. The van der Waals surface area contributed by atoms with Crippen molar-refractivity contribution < 1.29 is 4.79 Å². The van der Waals surface area contributed by atoms with Crippen molar-refractivity contribution >= 4 is 17.8 Å². The lowest BCUT2D eigenvalue weighted by Crippen LogP contribution is -2.43. The number of nitrogens with one attached hydrogen (secondary N) is 1. The zero-order chi connectivity index (χ0) is 14.7. The molecule has 0 bridgehead atoms. The highest BCUT2D eigenvalue weighted by Crippen LogP contribution is 2.25. The van der Waals surface area contributed by atoms with Crippen LogP contribution in [0, 0.1) is 5.92 Å². The number of aromatic nitrogens is 2. The molecule has 1 fully saturated rings. The Hall–Kier alpha value is -1.17. The number of amides is 2. The molecule has 0 saturated carbocycles. The summed E-state index contributed by atoms with van der Waals surface area (Å²) in [5.41, 5.74) is 0. The number of thioether (sulfide) groups is 1. The molecule has 1 aromatic heterocycles. The van der Waals surface area contributed by atoms with E-state index >= 15 is 0 Å². The van der Waals surface area contributed by atoms with Gasteiger partial charge in [0.25, 0.3) is 0 Å². The summed E-state index contributed by atoms with van der Waals surface area (Å²) < 4.78 is 2.22. The molecular formula is C15H24N4OS. The number of hydrogen-bond acceptors (Lipinski definition) is 3. The first-order chi connectivity index (χ1) is 10.2. The van der Waals surface area contributed by atoms with Crippen LogP contribution in [0.4, 0.5) is 4.79 Å². The van der Waals surface area contributed by atoms with E-state index in [9.17, 15) is 4.79 Å². The molecule has 2 atom stereocenters. The number of aryl methyl sites for hydroxylation is 1. The van der Waals surface area contributed by atoms with Crippen LogP contribution in [0.2, 0.25) is 0 Å². The summed E-state index contributed by atoms with van der Waals surface area (Å²) in [5.74, 6) is 2.92. The van der Waals surface area contributed by atoms with Crippen LogP contribution < -0.4 is 5.32 Å². The Bertz CT molecular complexity index is 484. The van der Waals surface area contributed by atoms with Gasteiger partial charge in [-0.15, -0.1) is 0 Å². The maximum absolute atomic E-state index is 12.2. The molecule has 21 heavy (non-hydrogen) atoms. The minimum Gasteiger partial charge on any atom is -0.337 e. The third kappa shape index (κ3) is 3.73. The summed E-state index contributed by atoms with van der Waals surface area (Å²) >= 11 is 1.98. The van der Waals surface area contributed by atoms with Crippen LogP contribution in [0.1, 0.15) is 25.1 Å². The van der Waals surface area contributed by atoms with Gasteiger partial charge >= 0.3 is 6.03 Å². The molecule has 6 heteroatoms. The number of urea groups is 1. The van der Waals surface area contributed by atoms with E-state index in [1.807, 2.05) is 36.1 Å². The van der Waals surface area contributed by atoms with Crippen molar-refractivity contribution in [2.75, 3.05) is 25.9 Å². The molecule has 0 radical (unpaired) electrons. The van der Waals surface area contributed by atoms with E-state index in [0.717, 1.165) is 38.3 Å². The van der Waals surface area contributed by atoms with Crippen molar-refractivity contribution in [1.82, 2.24) is 19.8 Å². The number of hydrogen-bond donors (Lipinski definition) is 1. The van der Waals surface area contributed by atoms with Crippen LogP contribution in [0.25, 0.3) is 0 Å². The lowest BCUT2D eigenvalue weighted by atomic mass is 9.97. The number of carbonyl (C=O) groups excluding carboxylic acids is 1. The van der Waals surface area contributed by atoms with E-state index in [4.69, 9.17) is 0 Å². The summed E-state index contributed by atoms with van der Waals surface area (Å²) in [5, 5.41) is 3.69. The highest BCUT2D eigenvalue weighted by Gasteiger charge is 2.23. The predicted molar refractivity (Wildman–Crippen MR) is 85.5 cm³/mol. The average molecular weight is 308 g/mol. The molecule has 0 unspecified atom stereocenters. The normalized spacial score (nSPS) is 24.6. The van der Waals surface area contributed by atoms with Gasteiger partial charge in [-0.3, -0.25) is 0 Å². The molecule has 2 aliphatic rings.